The Balaban J connectivity index is 2.35. The Morgan fingerprint density at radius 3 is 2.05 bits per heavy atom. The zero-order valence-electron chi connectivity index (χ0n) is 10.2. The third-order valence-corrected chi connectivity index (χ3v) is 4.61. The smallest absolute Gasteiger partial charge is 0.261 e. The van der Waals surface area contributed by atoms with E-state index in [2.05, 4.69) is 4.72 Å². The molecular formula is C13H11Cl2NO3S. The maximum Gasteiger partial charge on any atom is 0.261 e. The molecule has 0 unspecified atom stereocenters. The lowest BCUT2D eigenvalue weighted by atomic mass is 10.2. The second kappa shape index (κ2) is 6.01. The second-order valence-corrected chi connectivity index (χ2v) is 6.50. The van der Waals surface area contributed by atoms with Gasteiger partial charge in [-0.1, -0.05) is 41.4 Å². The van der Waals surface area contributed by atoms with Gasteiger partial charge in [0.1, 0.15) is 0 Å². The Hall–Kier alpha value is -1.27. The SMILES string of the molecule is O=S(=O)(Nc1c(Cl)cccc1Cl)c1ccc(CO)cc1. The number of halogens is 2. The standard InChI is InChI=1S/C13H11Cl2NO3S/c14-11-2-1-3-12(15)13(11)16-20(18,19)10-6-4-9(8-17)5-7-10/h1-7,16-17H,8H2. The third-order valence-electron chi connectivity index (χ3n) is 2.62. The van der Waals surface area contributed by atoms with Gasteiger partial charge in [0.05, 0.1) is 27.2 Å². The molecule has 106 valence electrons. The van der Waals surface area contributed by atoms with Crippen molar-refractivity contribution < 1.29 is 13.5 Å². The third kappa shape index (κ3) is 3.24. The van der Waals surface area contributed by atoms with E-state index in [0.29, 0.717) is 5.56 Å². The molecule has 0 atom stereocenters. The summed E-state index contributed by atoms with van der Waals surface area (Å²) in [6.45, 7) is -0.149. The number of benzene rings is 2. The molecule has 2 rings (SSSR count). The number of rotatable bonds is 4. The molecule has 2 aromatic rings. The first-order valence-corrected chi connectivity index (χ1v) is 7.84. The summed E-state index contributed by atoms with van der Waals surface area (Å²) in [4.78, 5) is 0.0608. The Bertz CT molecular complexity index is 695. The number of aliphatic hydroxyl groups excluding tert-OH is 1. The predicted molar refractivity (Wildman–Crippen MR) is 79.6 cm³/mol. The van der Waals surface area contributed by atoms with Crippen LogP contribution in [0.2, 0.25) is 10.0 Å². The van der Waals surface area contributed by atoms with E-state index in [-0.39, 0.29) is 27.2 Å². The van der Waals surface area contributed by atoms with Crippen LogP contribution in [0.15, 0.2) is 47.4 Å². The van der Waals surface area contributed by atoms with Crippen molar-refractivity contribution in [1.29, 1.82) is 0 Å². The van der Waals surface area contributed by atoms with Gasteiger partial charge in [-0.25, -0.2) is 8.42 Å². The van der Waals surface area contributed by atoms with Gasteiger partial charge in [-0.2, -0.15) is 0 Å². The second-order valence-electron chi connectivity index (χ2n) is 4.00. The topological polar surface area (TPSA) is 66.4 Å². The minimum Gasteiger partial charge on any atom is -0.392 e. The van der Waals surface area contributed by atoms with Gasteiger partial charge in [0.25, 0.3) is 10.0 Å². The van der Waals surface area contributed by atoms with Crippen molar-refractivity contribution in [3.8, 4) is 0 Å². The van der Waals surface area contributed by atoms with E-state index in [1.165, 1.54) is 24.3 Å². The van der Waals surface area contributed by atoms with Crippen molar-refractivity contribution in [2.24, 2.45) is 0 Å². The summed E-state index contributed by atoms with van der Waals surface area (Å²) in [7, 11) is -3.78. The first kappa shape index (κ1) is 15.1. The highest BCUT2D eigenvalue weighted by Crippen LogP contribution is 2.31. The summed E-state index contributed by atoms with van der Waals surface area (Å²) in [5, 5.41) is 9.37. The van der Waals surface area contributed by atoms with Crippen molar-refractivity contribution in [2.45, 2.75) is 11.5 Å². The molecule has 0 heterocycles. The summed E-state index contributed by atoms with van der Waals surface area (Å²) in [5.74, 6) is 0. The Labute approximate surface area is 127 Å². The lowest BCUT2D eigenvalue weighted by molar-refractivity contribution is 0.282. The fourth-order valence-corrected chi connectivity index (χ4v) is 3.27. The minimum absolute atomic E-state index is 0.0608. The summed E-state index contributed by atoms with van der Waals surface area (Å²) in [5.41, 5.74) is 0.766. The van der Waals surface area contributed by atoms with E-state index >= 15 is 0 Å². The number of sulfonamides is 1. The van der Waals surface area contributed by atoms with E-state index in [1.54, 1.807) is 18.2 Å². The highest BCUT2D eigenvalue weighted by molar-refractivity contribution is 7.92. The highest BCUT2D eigenvalue weighted by atomic mass is 35.5. The van der Waals surface area contributed by atoms with E-state index in [0.717, 1.165) is 0 Å². The van der Waals surface area contributed by atoms with E-state index in [1.807, 2.05) is 0 Å². The zero-order valence-corrected chi connectivity index (χ0v) is 12.5. The molecular weight excluding hydrogens is 321 g/mol. The number of hydrogen-bond donors (Lipinski definition) is 2. The van der Waals surface area contributed by atoms with Gasteiger partial charge in [-0.15, -0.1) is 0 Å². The average Bonchev–Trinajstić information content (AvgIpc) is 2.43. The molecule has 0 saturated carbocycles. The van der Waals surface area contributed by atoms with E-state index < -0.39 is 10.0 Å². The number of hydrogen-bond acceptors (Lipinski definition) is 3. The Morgan fingerprint density at radius 2 is 1.55 bits per heavy atom. The molecule has 0 radical (unpaired) electrons. The lowest BCUT2D eigenvalue weighted by Crippen LogP contribution is -2.13. The summed E-state index contributed by atoms with van der Waals surface area (Å²) >= 11 is 11.9. The van der Waals surface area contributed by atoms with Gasteiger partial charge in [-0.3, -0.25) is 4.72 Å². The molecule has 0 aromatic heterocycles. The van der Waals surface area contributed by atoms with Gasteiger partial charge >= 0.3 is 0 Å². The van der Waals surface area contributed by atoms with Gasteiger partial charge < -0.3 is 5.11 Å². The Kier molecular flexibility index (Phi) is 4.55. The molecule has 2 aromatic carbocycles. The normalized spacial score (nSPS) is 11.3. The van der Waals surface area contributed by atoms with Crippen molar-refractivity contribution >= 4 is 38.9 Å². The average molecular weight is 332 g/mol. The molecule has 0 aliphatic carbocycles. The molecule has 2 N–H and O–H groups in total. The fraction of sp³-hybridized carbons (Fsp3) is 0.0769. The summed E-state index contributed by atoms with van der Waals surface area (Å²) in [6, 6.07) is 10.6. The van der Waals surface area contributed by atoms with Crippen LogP contribution < -0.4 is 4.72 Å². The van der Waals surface area contributed by atoms with Crippen LogP contribution in [0.3, 0.4) is 0 Å². The maximum atomic E-state index is 12.2. The van der Waals surface area contributed by atoms with Crippen LogP contribution in [0.5, 0.6) is 0 Å². The fourth-order valence-electron chi connectivity index (χ4n) is 1.56. The quantitative estimate of drug-likeness (QED) is 0.903. The largest absolute Gasteiger partial charge is 0.392 e. The van der Waals surface area contributed by atoms with Crippen LogP contribution in [-0.4, -0.2) is 13.5 Å². The van der Waals surface area contributed by atoms with Crippen LogP contribution in [0.1, 0.15) is 5.56 Å². The molecule has 0 fully saturated rings. The van der Waals surface area contributed by atoms with Gasteiger partial charge in [0.2, 0.25) is 0 Å². The number of anilines is 1. The summed E-state index contributed by atoms with van der Waals surface area (Å²) < 4.78 is 26.8. The van der Waals surface area contributed by atoms with Crippen molar-refractivity contribution in [2.75, 3.05) is 4.72 Å². The molecule has 4 nitrogen and oxygen atoms in total. The molecule has 20 heavy (non-hydrogen) atoms. The van der Waals surface area contributed by atoms with Crippen LogP contribution in [0.25, 0.3) is 0 Å². The number of nitrogens with one attached hydrogen (secondary N) is 1. The molecule has 0 spiro atoms. The van der Waals surface area contributed by atoms with Crippen LogP contribution in [0, 0.1) is 0 Å². The van der Waals surface area contributed by atoms with Gasteiger partial charge in [0, 0.05) is 0 Å². The molecule has 0 amide bonds. The van der Waals surface area contributed by atoms with Gasteiger partial charge in [-0.05, 0) is 29.8 Å². The lowest BCUT2D eigenvalue weighted by Gasteiger charge is -2.11. The first-order chi connectivity index (χ1) is 9.44. The zero-order chi connectivity index (χ0) is 14.8. The van der Waals surface area contributed by atoms with Crippen molar-refractivity contribution in [3.63, 3.8) is 0 Å². The van der Waals surface area contributed by atoms with Gasteiger partial charge in [0.15, 0.2) is 0 Å². The molecule has 0 bridgehead atoms. The van der Waals surface area contributed by atoms with E-state index in [9.17, 15) is 8.42 Å². The minimum atomic E-state index is -3.78. The summed E-state index contributed by atoms with van der Waals surface area (Å²) in [6.07, 6.45) is 0. The molecule has 0 saturated heterocycles. The number of para-hydroxylation sites is 1. The van der Waals surface area contributed by atoms with Crippen LogP contribution >= 0.6 is 23.2 Å². The van der Waals surface area contributed by atoms with Crippen LogP contribution in [-0.2, 0) is 16.6 Å². The molecule has 7 heteroatoms. The Morgan fingerprint density at radius 1 is 1.00 bits per heavy atom. The highest BCUT2D eigenvalue weighted by Gasteiger charge is 2.17. The van der Waals surface area contributed by atoms with E-state index in [4.69, 9.17) is 28.3 Å². The van der Waals surface area contributed by atoms with Crippen LogP contribution in [0.4, 0.5) is 5.69 Å². The maximum absolute atomic E-state index is 12.2. The van der Waals surface area contributed by atoms with Crippen molar-refractivity contribution in [1.82, 2.24) is 0 Å². The predicted octanol–water partition coefficient (Wildman–Crippen LogP) is 3.29. The monoisotopic (exact) mass is 331 g/mol. The first-order valence-electron chi connectivity index (χ1n) is 5.60. The molecule has 0 aliphatic rings. The number of aliphatic hydroxyl groups is 1. The molecule has 0 aliphatic heterocycles. The van der Waals surface area contributed by atoms with Crippen molar-refractivity contribution in [3.05, 3.63) is 58.1 Å².